The van der Waals surface area contributed by atoms with Crippen molar-refractivity contribution in [3.05, 3.63) is 28.2 Å². The first-order valence-corrected chi connectivity index (χ1v) is 6.31. The Morgan fingerprint density at radius 2 is 2.00 bits per heavy atom. The summed E-state index contributed by atoms with van der Waals surface area (Å²) in [4.78, 5) is 12.2. The molecular formula is C13H17BrO2. The maximum absolute atomic E-state index is 12.2. The van der Waals surface area contributed by atoms with Gasteiger partial charge in [-0.05, 0) is 31.0 Å². The highest BCUT2D eigenvalue weighted by molar-refractivity contribution is 9.10. The molecule has 0 spiro atoms. The number of ether oxygens (including phenoxy) is 1. The van der Waals surface area contributed by atoms with Gasteiger partial charge in [-0.2, -0.15) is 0 Å². The Kier molecular flexibility index (Phi) is 5.00. The van der Waals surface area contributed by atoms with Gasteiger partial charge in [-0.25, -0.2) is 0 Å². The van der Waals surface area contributed by atoms with Crippen molar-refractivity contribution in [2.75, 3.05) is 7.11 Å². The van der Waals surface area contributed by atoms with E-state index < -0.39 is 0 Å². The van der Waals surface area contributed by atoms with E-state index in [0.29, 0.717) is 5.56 Å². The Labute approximate surface area is 105 Å². The Bertz CT molecular complexity index is 370. The van der Waals surface area contributed by atoms with Crippen molar-refractivity contribution in [3.8, 4) is 5.75 Å². The summed E-state index contributed by atoms with van der Waals surface area (Å²) >= 11 is 3.41. The van der Waals surface area contributed by atoms with Gasteiger partial charge in [0.05, 0.1) is 7.11 Å². The third-order valence-electron chi connectivity index (χ3n) is 2.80. The number of Topliss-reactive ketones (excluding diaryl/α,β-unsaturated/α-hetero) is 1. The fourth-order valence-corrected chi connectivity index (χ4v) is 2.14. The van der Waals surface area contributed by atoms with Crippen molar-refractivity contribution in [1.29, 1.82) is 0 Å². The Hall–Kier alpha value is -0.830. The second-order valence-electron chi connectivity index (χ2n) is 3.72. The molecule has 0 aliphatic carbocycles. The van der Waals surface area contributed by atoms with Crippen LogP contribution in [0.5, 0.6) is 5.75 Å². The predicted molar refractivity (Wildman–Crippen MR) is 69.1 cm³/mol. The molecule has 3 heteroatoms. The lowest BCUT2D eigenvalue weighted by Gasteiger charge is -2.13. The summed E-state index contributed by atoms with van der Waals surface area (Å²) in [6, 6.07) is 5.49. The molecule has 0 N–H and O–H groups in total. The van der Waals surface area contributed by atoms with E-state index in [1.165, 1.54) is 0 Å². The first kappa shape index (κ1) is 13.2. The van der Waals surface area contributed by atoms with E-state index in [-0.39, 0.29) is 11.7 Å². The zero-order valence-electron chi connectivity index (χ0n) is 9.92. The number of halogens is 1. The summed E-state index contributed by atoms with van der Waals surface area (Å²) in [5.41, 5.74) is 0.716. The minimum Gasteiger partial charge on any atom is -0.497 e. The monoisotopic (exact) mass is 284 g/mol. The third-order valence-corrected chi connectivity index (χ3v) is 3.49. The fraction of sp³-hybridized carbons (Fsp3) is 0.462. The zero-order chi connectivity index (χ0) is 12.1. The van der Waals surface area contributed by atoms with Crippen LogP contribution in [-0.4, -0.2) is 12.9 Å². The van der Waals surface area contributed by atoms with Gasteiger partial charge in [0.1, 0.15) is 5.75 Å². The van der Waals surface area contributed by atoms with Gasteiger partial charge in [0.2, 0.25) is 0 Å². The van der Waals surface area contributed by atoms with E-state index in [0.717, 1.165) is 23.1 Å². The van der Waals surface area contributed by atoms with Crippen molar-refractivity contribution in [1.82, 2.24) is 0 Å². The second-order valence-corrected chi connectivity index (χ2v) is 4.58. The van der Waals surface area contributed by atoms with E-state index >= 15 is 0 Å². The van der Waals surface area contributed by atoms with Crippen molar-refractivity contribution in [2.45, 2.75) is 26.7 Å². The molecule has 1 aromatic carbocycles. The van der Waals surface area contributed by atoms with Crippen LogP contribution in [0.1, 0.15) is 37.0 Å². The smallest absolute Gasteiger partial charge is 0.167 e. The number of rotatable bonds is 5. The van der Waals surface area contributed by atoms with Gasteiger partial charge >= 0.3 is 0 Å². The normalized spacial score (nSPS) is 10.6. The molecule has 0 amide bonds. The summed E-state index contributed by atoms with van der Waals surface area (Å²) in [7, 11) is 1.61. The van der Waals surface area contributed by atoms with E-state index in [4.69, 9.17) is 4.74 Å². The second kappa shape index (κ2) is 6.04. The van der Waals surface area contributed by atoms with Crippen LogP contribution in [0, 0.1) is 5.92 Å². The zero-order valence-corrected chi connectivity index (χ0v) is 11.5. The first-order valence-electron chi connectivity index (χ1n) is 5.51. The highest BCUT2D eigenvalue weighted by Crippen LogP contribution is 2.26. The highest BCUT2D eigenvalue weighted by Gasteiger charge is 2.19. The van der Waals surface area contributed by atoms with Crippen LogP contribution in [0.2, 0.25) is 0 Å². The topological polar surface area (TPSA) is 26.3 Å². The summed E-state index contributed by atoms with van der Waals surface area (Å²) in [6.07, 6.45) is 1.75. The minimum atomic E-state index is 0.100. The molecule has 0 bridgehead atoms. The van der Waals surface area contributed by atoms with Crippen LogP contribution in [-0.2, 0) is 0 Å². The molecule has 0 fully saturated rings. The number of hydrogen-bond acceptors (Lipinski definition) is 2. The van der Waals surface area contributed by atoms with Gasteiger partial charge < -0.3 is 4.74 Å². The van der Waals surface area contributed by atoms with Gasteiger partial charge in [0, 0.05) is 16.0 Å². The highest BCUT2D eigenvalue weighted by atomic mass is 79.9. The molecule has 0 aliphatic rings. The van der Waals surface area contributed by atoms with Crippen LogP contribution < -0.4 is 4.74 Å². The van der Waals surface area contributed by atoms with Gasteiger partial charge in [-0.15, -0.1) is 0 Å². The van der Waals surface area contributed by atoms with Gasteiger partial charge in [0.15, 0.2) is 5.78 Å². The molecule has 0 unspecified atom stereocenters. The Morgan fingerprint density at radius 1 is 1.38 bits per heavy atom. The van der Waals surface area contributed by atoms with Gasteiger partial charge in [-0.3, -0.25) is 4.79 Å². The molecular weight excluding hydrogens is 268 g/mol. The SMILES string of the molecule is CCC(CC)C(=O)c1cc(OC)ccc1Br. The van der Waals surface area contributed by atoms with Crippen LogP contribution in [0.15, 0.2) is 22.7 Å². The molecule has 2 nitrogen and oxygen atoms in total. The van der Waals surface area contributed by atoms with Crippen molar-refractivity contribution in [3.63, 3.8) is 0 Å². The van der Waals surface area contributed by atoms with E-state index in [2.05, 4.69) is 15.9 Å². The number of hydrogen-bond donors (Lipinski definition) is 0. The number of carbonyl (C=O) groups is 1. The van der Waals surface area contributed by atoms with E-state index in [1.807, 2.05) is 26.0 Å². The third kappa shape index (κ3) is 2.85. The lowest BCUT2D eigenvalue weighted by atomic mass is 9.93. The maximum Gasteiger partial charge on any atom is 0.167 e. The molecule has 0 atom stereocenters. The molecule has 0 saturated heterocycles. The Balaban J connectivity index is 3.06. The van der Waals surface area contributed by atoms with Gasteiger partial charge in [0.25, 0.3) is 0 Å². The molecule has 1 rings (SSSR count). The van der Waals surface area contributed by atoms with Crippen LogP contribution in [0.4, 0.5) is 0 Å². The van der Waals surface area contributed by atoms with Crippen LogP contribution in [0.3, 0.4) is 0 Å². The average Bonchev–Trinajstić information content (AvgIpc) is 2.31. The molecule has 0 radical (unpaired) electrons. The lowest BCUT2D eigenvalue weighted by Crippen LogP contribution is -2.13. The van der Waals surface area contributed by atoms with Gasteiger partial charge in [-0.1, -0.05) is 29.8 Å². The first-order chi connectivity index (χ1) is 7.63. The predicted octanol–water partition coefficient (Wildman–Crippen LogP) is 4.08. The molecule has 1 aromatic rings. The number of carbonyl (C=O) groups excluding carboxylic acids is 1. The summed E-state index contributed by atoms with van der Waals surface area (Å²) < 4.78 is 5.97. The maximum atomic E-state index is 12.2. The van der Waals surface area contributed by atoms with E-state index in [1.54, 1.807) is 13.2 Å². The average molecular weight is 285 g/mol. The van der Waals surface area contributed by atoms with E-state index in [9.17, 15) is 4.79 Å². The summed E-state index contributed by atoms with van der Waals surface area (Å²) in [6.45, 7) is 4.08. The molecule has 0 aliphatic heterocycles. The van der Waals surface area contributed by atoms with Crippen LogP contribution >= 0.6 is 15.9 Å². The fourth-order valence-electron chi connectivity index (χ4n) is 1.70. The number of benzene rings is 1. The largest absolute Gasteiger partial charge is 0.497 e. The molecule has 0 aromatic heterocycles. The van der Waals surface area contributed by atoms with Crippen molar-refractivity contribution >= 4 is 21.7 Å². The Morgan fingerprint density at radius 3 is 2.50 bits per heavy atom. The number of ketones is 1. The molecule has 0 heterocycles. The summed E-state index contributed by atoms with van der Waals surface area (Å²) in [5.74, 6) is 1.01. The number of methoxy groups -OCH3 is 1. The molecule has 16 heavy (non-hydrogen) atoms. The standard InChI is InChI=1S/C13H17BrO2/c1-4-9(5-2)13(15)11-8-10(16-3)6-7-12(11)14/h6-9H,4-5H2,1-3H3. The summed E-state index contributed by atoms with van der Waals surface area (Å²) in [5, 5.41) is 0. The molecule has 88 valence electrons. The lowest BCUT2D eigenvalue weighted by molar-refractivity contribution is 0.0912. The quantitative estimate of drug-likeness (QED) is 0.762. The molecule has 0 saturated carbocycles. The van der Waals surface area contributed by atoms with Crippen molar-refractivity contribution < 1.29 is 9.53 Å². The minimum absolute atomic E-state index is 0.100. The van der Waals surface area contributed by atoms with Crippen molar-refractivity contribution in [2.24, 2.45) is 5.92 Å². The van der Waals surface area contributed by atoms with Crippen LogP contribution in [0.25, 0.3) is 0 Å².